The Kier molecular flexibility index (Phi) is 7.13. The molecule has 1 aliphatic heterocycles. The molecule has 5 nitrogen and oxygen atoms in total. The molecular formula is C17H30N2O3. The molecule has 2 aliphatic rings. The largest absolute Gasteiger partial charge is 0.395 e. The minimum absolute atomic E-state index is 0.213. The van der Waals surface area contributed by atoms with E-state index in [1.807, 2.05) is 0 Å². The molecule has 1 aliphatic carbocycles. The number of nitrogens with zero attached hydrogens (tertiary/aromatic N) is 2. The van der Waals surface area contributed by atoms with Crippen LogP contribution in [0.5, 0.6) is 0 Å². The zero-order valence-corrected chi connectivity index (χ0v) is 13.5. The highest BCUT2D eigenvalue weighted by molar-refractivity contribution is 5.09. The smallest absolute Gasteiger partial charge is 0.128 e. The third kappa shape index (κ3) is 5.22. The summed E-state index contributed by atoms with van der Waals surface area (Å²) in [6.07, 6.45) is 10.5. The van der Waals surface area contributed by atoms with Gasteiger partial charge in [0.05, 0.1) is 19.3 Å². The molecule has 22 heavy (non-hydrogen) atoms. The molecule has 1 saturated carbocycles. The third-order valence-electron chi connectivity index (χ3n) is 4.83. The predicted molar refractivity (Wildman–Crippen MR) is 86.6 cm³/mol. The number of rotatable bonds is 7. The van der Waals surface area contributed by atoms with Crippen molar-refractivity contribution < 1.29 is 14.9 Å². The Morgan fingerprint density at radius 1 is 1.09 bits per heavy atom. The fourth-order valence-electron chi connectivity index (χ4n) is 3.40. The maximum Gasteiger partial charge on any atom is 0.128 e. The van der Waals surface area contributed by atoms with E-state index in [2.05, 4.69) is 15.7 Å². The average Bonchev–Trinajstić information content (AvgIpc) is 2.56. The Labute approximate surface area is 134 Å². The highest BCUT2D eigenvalue weighted by Gasteiger charge is 2.31. The van der Waals surface area contributed by atoms with Crippen molar-refractivity contribution >= 4 is 0 Å². The molecule has 0 aromatic heterocycles. The maximum absolute atomic E-state index is 10.2. The Bertz CT molecular complexity index is 355. The molecule has 0 spiro atoms. The van der Waals surface area contributed by atoms with E-state index in [4.69, 9.17) is 16.3 Å². The molecular weight excluding hydrogens is 280 g/mol. The van der Waals surface area contributed by atoms with Crippen molar-refractivity contribution in [2.45, 2.75) is 43.8 Å². The molecule has 1 atom stereocenters. The van der Waals surface area contributed by atoms with Crippen LogP contribution in [0.4, 0.5) is 0 Å². The van der Waals surface area contributed by atoms with Crippen molar-refractivity contribution in [1.29, 1.82) is 0 Å². The second kappa shape index (κ2) is 8.85. The monoisotopic (exact) mass is 310 g/mol. The minimum atomic E-state index is -0.489. The molecule has 5 heteroatoms. The normalized spacial score (nSPS) is 24.8. The lowest BCUT2D eigenvalue weighted by atomic mass is 9.85. The number of β-amino-alcohol motifs (C(OH)–C–C–N with tert-alkyl or cyclic N) is 2. The first-order valence-corrected chi connectivity index (χ1v) is 8.53. The number of hydrogen-bond acceptors (Lipinski definition) is 5. The molecule has 0 aromatic rings. The van der Waals surface area contributed by atoms with Gasteiger partial charge in [0, 0.05) is 39.3 Å². The van der Waals surface area contributed by atoms with Crippen molar-refractivity contribution in [3.05, 3.63) is 0 Å². The predicted octanol–water partition coefficient (Wildman–Crippen LogP) is 0.310. The van der Waals surface area contributed by atoms with Gasteiger partial charge in [0.15, 0.2) is 0 Å². The Hall–Kier alpha value is -0.640. The lowest BCUT2D eigenvalue weighted by Crippen LogP contribution is -2.50. The van der Waals surface area contributed by atoms with Crippen LogP contribution in [0.2, 0.25) is 0 Å². The number of aliphatic hydroxyl groups is 2. The van der Waals surface area contributed by atoms with Crippen LogP contribution in [0.25, 0.3) is 0 Å². The summed E-state index contributed by atoms with van der Waals surface area (Å²) in [6.45, 7) is 5.66. The van der Waals surface area contributed by atoms with E-state index in [0.717, 1.165) is 58.4 Å². The van der Waals surface area contributed by atoms with Crippen molar-refractivity contribution in [3.8, 4) is 12.3 Å². The fraction of sp³-hybridized carbons (Fsp3) is 0.882. The molecule has 0 aromatic carbocycles. The minimum Gasteiger partial charge on any atom is -0.395 e. The lowest BCUT2D eigenvalue weighted by Gasteiger charge is -2.36. The summed E-state index contributed by atoms with van der Waals surface area (Å²) in [4.78, 5) is 4.50. The molecule has 2 rings (SSSR count). The second-order valence-electron chi connectivity index (χ2n) is 6.53. The number of piperazine rings is 1. The van der Waals surface area contributed by atoms with E-state index >= 15 is 0 Å². The first-order valence-electron chi connectivity index (χ1n) is 8.53. The number of aliphatic hydroxyl groups excluding tert-OH is 2. The molecule has 2 fully saturated rings. The van der Waals surface area contributed by atoms with Crippen LogP contribution in [0, 0.1) is 12.3 Å². The summed E-state index contributed by atoms with van der Waals surface area (Å²) in [5.41, 5.74) is -0.445. The van der Waals surface area contributed by atoms with Gasteiger partial charge in [-0.25, -0.2) is 0 Å². The van der Waals surface area contributed by atoms with Gasteiger partial charge >= 0.3 is 0 Å². The zero-order valence-electron chi connectivity index (χ0n) is 13.5. The Morgan fingerprint density at radius 3 is 2.32 bits per heavy atom. The summed E-state index contributed by atoms with van der Waals surface area (Å²) in [5.74, 6) is 2.82. The van der Waals surface area contributed by atoms with Crippen LogP contribution in [0.15, 0.2) is 0 Å². The van der Waals surface area contributed by atoms with Gasteiger partial charge in [0.1, 0.15) is 5.60 Å². The van der Waals surface area contributed by atoms with Crippen molar-refractivity contribution in [2.24, 2.45) is 0 Å². The molecule has 1 heterocycles. The van der Waals surface area contributed by atoms with Gasteiger partial charge in [-0.2, -0.15) is 0 Å². The van der Waals surface area contributed by atoms with Gasteiger partial charge in [-0.1, -0.05) is 12.3 Å². The molecule has 0 unspecified atom stereocenters. The van der Waals surface area contributed by atoms with Crippen LogP contribution in [-0.2, 0) is 4.74 Å². The summed E-state index contributed by atoms with van der Waals surface area (Å²) < 4.78 is 5.93. The van der Waals surface area contributed by atoms with Crippen LogP contribution < -0.4 is 0 Å². The molecule has 0 bridgehead atoms. The van der Waals surface area contributed by atoms with Crippen molar-refractivity contribution in [1.82, 2.24) is 9.80 Å². The van der Waals surface area contributed by atoms with Crippen LogP contribution >= 0.6 is 0 Å². The van der Waals surface area contributed by atoms with Gasteiger partial charge < -0.3 is 14.9 Å². The van der Waals surface area contributed by atoms with Gasteiger partial charge in [-0.3, -0.25) is 9.80 Å². The first-order chi connectivity index (χ1) is 10.7. The van der Waals surface area contributed by atoms with Crippen molar-refractivity contribution in [3.63, 3.8) is 0 Å². The maximum atomic E-state index is 10.2. The average molecular weight is 310 g/mol. The summed E-state index contributed by atoms with van der Waals surface area (Å²) in [5, 5.41) is 19.2. The standard InChI is InChI=1S/C17H30N2O3/c1-2-17(6-4-3-5-7-17)22-15-16(21)14-19-10-8-18(9-11-19)12-13-20/h1,16,20-21H,3-15H2/t16-/m0/s1. The third-order valence-corrected chi connectivity index (χ3v) is 4.83. The Balaban J connectivity index is 1.67. The summed E-state index contributed by atoms with van der Waals surface area (Å²) in [6, 6.07) is 0. The van der Waals surface area contributed by atoms with Gasteiger partial charge in [0.2, 0.25) is 0 Å². The zero-order chi connectivity index (χ0) is 15.8. The topological polar surface area (TPSA) is 56.2 Å². The van der Waals surface area contributed by atoms with E-state index < -0.39 is 11.7 Å². The quantitative estimate of drug-likeness (QED) is 0.663. The van der Waals surface area contributed by atoms with Crippen LogP contribution in [-0.4, -0.2) is 84.2 Å². The lowest BCUT2D eigenvalue weighted by molar-refractivity contribution is -0.0716. The number of ether oxygens (including phenoxy) is 1. The summed E-state index contributed by atoms with van der Waals surface area (Å²) in [7, 11) is 0. The number of hydrogen-bond donors (Lipinski definition) is 2. The van der Waals surface area contributed by atoms with Crippen LogP contribution in [0.3, 0.4) is 0 Å². The van der Waals surface area contributed by atoms with E-state index in [0.29, 0.717) is 13.2 Å². The fourth-order valence-corrected chi connectivity index (χ4v) is 3.40. The number of terminal acetylenes is 1. The van der Waals surface area contributed by atoms with E-state index in [-0.39, 0.29) is 6.61 Å². The molecule has 2 N–H and O–H groups in total. The highest BCUT2D eigenvalue weighted by Crippen LogP contribution is 2.31. The van der Waals surface area contributed by atoms with Gasteiger partial charge in [0.25, 0.3) is 0 Å². The second-order valence-corrected chi connectivity index (χ2v) is 6.53. The van der Waals surface area contributed by atoms with Crippen LogP contribution in [0.1, 0.15) is 32.1 Å². The van der Waals surface area contributed by atoms with E-state index in [1.54, 1.807) is 0 Å². The summed E-state index contributed by atoms with van der Waals surface area (Å²) >= 11 is 0. The molecule has 126 valence electrons. The molecule has 0 radical (unpaired) electrons. The first kappa shape index (κ1) is 17.7. The van der Waals surface area contributed by atoms with Gasteiger partial charge in [-0.15, -0.1) is 6.42 Å². The van der Waals surface area contributed by atoms with Crippen molar-refractivity contribution in [2.75, 3.05) is 52.5 Å². The Morgan fingerprint density at radius 2 is 1.73 bits per heavy atom. The van der Waals surface area contributed by atoms with Gasteiger partial charge in [-0.05, 0) is 25.7 Å². The van der Waals surface area contributed by atoms with E-state index in [9.17, 15) is 5.11 Å². The SMILES string of the molecule is C#CC1(OC[C@@H](O)CN2CCN(CCO)CC2)CCCCC1. The van der Waals surface area contributed by atoms with E-state index in [1.165, 1.54) is 6.42 Å². The molecule has 0 amide bonds. The highest BCUT2D eigenvalue weighted by atomic mass is 16.5. The molecule has 1 saturated heterocycles.